The first-order chi connectivity index (χ1) is 11.0. The molecule has 0 aliphatic heterocycles. The first-order valence-corrected chi connectivity index (χ1v) is 8.37. The lowest BCUT2D eigenvalue weighted by Gasteiger charge is -2.72. The number of carboxylic acids is 1. The zero-order valence-corrected chi connectivity index (χ0v) is 14.5. The Kier molecular flexibility index (Phi) is 3.75. The maximum absolute atomic E-state index is 12.1. The Balaban J connectivity index is 1.61. The average Bonchev–Trinajstić information content (AvgIpc) is 2.39. The van der Waals surface area contributed by atoms with Crippen molar-refractivity contribution in [2.75, 3.05) is 0 Å². The number of nitrogens with two attached hydrogens (primary N) is 1. The molecule has 0 unspecified atom stereocenters. The molecule has 24 heavy (non-hydrogen) atoms. The number of carbonyl (C=O) groups excluding carboxylic acids is 1. The summed E-state index contributed by atoms with van der Waals surface area (Å²) in [5.74, 6) is -1.23. The van der Waals surface area contributed by atoms with Crippen molar-refractivity contribution in [3.63, 3.8) is 0 Å². The summed E-state index contributed by atoms with van der Waals surface area (Å²) in [5, 5.41) is 8.96. The summed E-state index contributed by atoms with van der Waals surface area (Å²) in [6, 6.07) is 6.87. The molecule has 4 rings (SSSR count). The Morgan fingerprint density at radius 2 is 1.75 bits per heavy atom. The molecular weight excluding hydrogens is 306 g/mol. The molecule has 0 spiro atoms. The highest BCUT2D eigenvalue weighted by Gasteiger charge is 2.68. The van der Waals surface area contributed by atoms with E-state index in [0.717, 1.165) is 19.3 Å². The monoisotopic (exact) mass is 331 g/mol. The van der Waals surface area contributed by atoms with Crippen molar-refractivity contribution in [3.8, 4) is 0 Å². The number of carboxylic acid groups (broad SMARTS) is 1. The molecule has 1 aromatic rings. The van der Waals surface area contributed by atoms with Crippen LogP contribution in [0.5, 0.6) is 0 Å². The van der Waals surface area contributed by atoms with Gasteiger partial charge in [-0.2, -0.15) is 0 Å². The third-order valence-corrected chi connectivity index (χ3v) is 5.24. The van der Waals surface area contributed by atoms with Crippen molar-refractivity contribution in [2.24, 2.45) is 11.1 Å². The molecule has 5 heteroatoms. The normalized spacial score (nSPS) is 29.2. The highest BCUT2D eigenvalue weighted by Crippen LogP contribution is 2.75. The van der Waals surface area contributed by atoms with Gasteiger partial charge in [0.25, 0.3) is 0 Å². The van der Waals surface area contributed by atoms with Gasteiger partial charge < -0.3 is 15.6 Å². The Morgan fingerprint density at radius 3 is 2.21 bits per heavy atom. The fraction of sp³-hybridized carbons (Fsp3) is 0.579. The van der Waals surface area contributed by atoms with Crippen LogP contribution in [0.3, 0.4) is 0 Å². The average molecular weight is 331 g/mol. The van der Waals surface area contributed by atoms with Gasteiger partial charge in [-0.15, -0.1) is 0 Å². The van der Waals surface area contributed by atoms with Gasteiger partial charge >= 0.3 is 11.9 Å². The summed E-state index contributed by atoms with van der Waals surface area (Å²) in [5.41, 5.74) is 7.22. The molecule has 3 aliphatic carbocycles. The van der Waals surface area contributed by atoms with Gasteiger partial charge in [0.1, 0.15) is 11.6 Å². The van der Waals surface area contributed by atoms with Crippen molar-refractivity contribution in [2.45, 2.75) is 63.5 Å². The van der Waals surface area contributed by atoms with Crippen LogP contribution in [0.4, 0.5) is 0 Å². The third kappa shape index (κ3) is 2.93. The van der Waals surface area contributed by atoms with Crippen LogP contribution in [0, 0.1) is 5.41 Å². The van der Waals surface area contributed by atoms with Gasteiger partial charge in [-0.05, 0) is 75.0 Å². The standard InChI is InChI=1S/C19H25NO4/c1-17(2,3)24-16(23)12-4-6-13(7-5-12)19-9-18(10-19,11-19)8-14(20)15(21)22/h4-7,14H,8-11,20H2,1-3H3,(H,21,22)/t14-,18?,19?/m0/s1. The van der Waals surface area contributed by atoms with E-state index in [-0.39, 0.29) is 16.8 Å². The highest BCUT2D eigenvalue weighted by molar-refractivity contribution is 5.89. The van der Waals surface area contributed by atoms with Crippen LogP contribution < -0.4 is 5.73 Å². The van der Waals surface area contributed by atoms with Crippen LogP contribution in [0.25, 0.3) is 0 Å². The zero-order valence-electron chi connectivity index (χ0n) is 14.5. The highest BCUT2D eigenvalue weighted by atomic mass is 16.6. The molecule has 2 bridgehead atoms. The van der Waals surface area contributed by atoms with E-state index in [1.54, 1.807) is 0 Å². The van der Waals surface area contributed by atoms with Crippen LogP contribution >= 0.6 is 0 Å². The van der Waals surface area contributed by atoms with Crippen molar-refractivity contribution in [1.82, 2.24) is 0 Å². The van der Waals surface area contributed by atoms with E-state index in [0.29, 0.717) is 12.0 Å². The lowest BCUT2D eigenvalue weighted by molar-refractivity contribution is -0.160. The minimum absolute atomic E-state index is 0.113. The third-order valence-electron chi connectivity index (χ3n) is 5.24. The molecule has 0 radical (unpaired) electrons. The minimum atomic E-state index is -0.921. The van der Waals surface area contributed by atoms with Crippen LogP contribution in [-0.4, -0.2) is 28.7 Å². The van der Waals surface area contributed by atoms with Gasteiger partial charge in [0.2, 0.25) is 0 Å². The largest absolute Gasteiger partial charge is 0.480 e. The summed E-state index contributed by atoms with van der Waals surface area (Å²) in [6.07, 6.45) is 3.53. The Hall–Kier alpha value is -1.88. The molecule has 130 valence electrons. The van der Waals surface area contributed by atoms with Crippen LogP contribution in [0.1, 0.15) is 62.4 Å². The fourth-order valence-electron chi connectivity index (χ4n) is 4.37. The van der Waals surface area contributed by atoms with Crippen LogP contribution in [0.15, 0.2) is 24.3 Å². The van der Waals surface area contributed by atoms with E-state index in [9.17, 15) is 9.59 Å². The van der Waals surface area contributed by atoms with E-state index in [4.69, 9.17) is 15.6 Å². The summed E-state index contributed by atoms with van der Waals surface area (Å²) in [6.45, 7) is 5.55. The summed E-state index contributed by atoms with van der Waals surface area (Å²) >= 11 is 0. The number of ether oxygens (including phenoxy) is 1. The summed E-state index contributed by atoms with van der Waals surface area (Å²) < 4.78 is 5.37. The number of hydrogen-bond acceptors (Lipinski definition) is 4. The lowest BCUT2D eigenvalue weighted by atomic mass is 9.32. The quantitative estimate of drug-likeness (QED) is 0.810. The van der Waals surface area contributed by atoms with E-state index in [2.05, 4.69) is 0 Å². The predicted octanol–water partition coefficient (Wildman–Crippen LogP) is 2.87. The summed E-state index contributed by atoms with van der Waals surface area (Å²) in [7, 11) is 0. The summed E-state index contributed by atoms with van der Waals surface area (Å²) in [4.78, 5) is 23.0. The second kappa shape index (κ2) is 5.31. The first-order valence-electron chi connectivity index (χ1n) is 8.37. The molecule has 3 N–H and O–H groups in total. The van der Waals surface area contributed by atoms with Crippen molar-refractivity contribution in [1.29, 1.82) is 0 Å². The van der Waals surface area contributed by atoms with Crippen LogP contribution in [-0.2, 0) is 14.9 Å². The minimum Gasteiger partial charge on any atom is -0.480 e. The van der Waals surface area contributed by atoms with Crippen molar-refractivity contribution >= 4 is 11.9 Å². The molecule has 1 atom stereocenters. The SMILES string of the molecule is CC(C)(C)OC(=O)c1ccc(C23CC(C[C@H](N)C(=O)O)(C2)C3)cc1. The maximum Gasteiger partial charge on any atom is 0.338 e. The second-order valence-corrected chi connectivity index (χ2v) is 8.54. The molecule has 5 nitrogen and oxygen atoms in total. The Morgan fingerprint density at radius 1 is 1.21 bits per heavy atom. The van der Waals surface area contributed by atoms with Crippen molar-refractivity contribution < 1.29 is 19.4 Å². The second-order valence-electron chi connectivity index (χ2n) is 8.54. The molecule has 3 aliphatic rings. The fourth-order valence-corrected chi connectivity index (χ4v) is 4.37. The van der Waals surface area contributed by atoms with Gasteiger partial charge in [0.05, 0.1) is 5.56 Å². The van der Waals surface area contributed by atoms with E-state index in [1.807, 2.05) is 45.0 Å². The molecular formula is C19H25NO4. The molecule has 1 aromatic carbocycles. The van der Waals surface area contributed by atoms with E-state index >= 15 is 0 Å². The molecule has 0 saturated heterocycles. The van der Waals surface area contributed by atoms with Gasteiger partial charge in [0, 0.05) is 0 Å². The van der Waals surface area contributed by atoms with E-state index < -0.39 is 17.6 Å². The molecule has 3 saturated carbocycles. The number of hydrogen-bond donors (Lipinski definition) is 2. The topological polar surface area (TPSA) is 89.6 Å². The number of aliphatic carboxylic acids is 1. The van der Waals surface area contributed by atoms with E-state index in [1.165, 1.54) is 5.56 Å². The number of rotatable bonds is 5. The Bertz CT molecular complexity index is 652. The van der Waals surface area contributed by atoms with Gasteiger partial charge in [0.15, 0.2) is 0 Å². The molecule has 3 fully saturated rings. The van der Waals surface area contributed by atoms with Gasteiger partial charge in [-0.1, -0.05) is 12.1 Å². The van der Waals surface area contributed by atoms with Crippen LogP contribution in [0.2, 0.25) is 0 Å². The number of carbonyl (C=O) groups is 2. The number of esters is 1. The Labute approximate surface area is 142 Å². The predicted molar refractivity (Wildman–Crippen MR) is 89.8 cm³/mol. The molecule has 0 aromatic heterocycles. The maximum atomic E-state index is 12.1. The van der Waals surface area contributed by atoms with Crippen molar-refractivity contribution in [3.05, 3.63) is 35.4 Å². The smallest absolute Gasteiger partial charge is 0.338 e. The zero-order chi connectivity index (χ0) is 17.8. The van der Waals surface area contributed by atoms with Gasteiger partial charge in [-0.25, -0.2) is 4.79 Å². The lowest BCUT2D eigenvalue weighted by Crippen LogP contribution is -2.66. The first kappa shape index (κ1) is 17.0. The molecule has 0 heterocycles. The van der Waals surface area contributed by atoms with Gasteiger partial charge in [-0.3, -0.25) is 4.79 Å². The number of benzene rings is 1. The molecule has 0 amide bonds.